The first kappa shape index (κ1) is 13.3. The Morgan fingerprint density at radius 1 is 1.41 bits per heavy atom. The molecule has 1 aromatic carbocycles. The van der Waals surface area contributed by atoms with Gasteiger partial charge >= 0.3 is 5.97 Å². The zero-order chi connectivity index (χ0) is 12.7. The van der Waals surface area contributed by atoms with Gasteiger partial charge in [-0.2, -0.15) is 0 Å². The van der Waals surface area contributed by atoms with Gasteiger partial charge in [-0.3, -0.25) is 4.79 Å². The molecule has 0 heterocycles. The monoisotopic (exact) mass is 239 g/mol. The third-order valence-electron chi connectivity index (χ3n) is 2.02. The highest BCUT2D eigenvalue weighted by atomic mass is 16.5. The van der Waals surface area contributed by atoms with Crippen molar-refractivity contribution in [2.24, 2.45) is 5.73 Å². The molecule has 0 amide bonds. The number of hydrogen-bond donors (Lipinski definition) is 2. The molecule has 0 spiro atoms. The zero-order valence-electron chi connectivity index (χ0n) is 9.76. The van der Waals surface area contributed by atoms with E-state index in [0.717, 1.165) is 5.75 Å². The molecule has 3 N–H and O–H groups in total. The van der Waals surface area contributed by atoms with Gasteiger partial charge in [0.05, 0.1) is 13.0 Å². The SMILES string of the molecule is CCOc1cccc(OCC(N)CC(=O)O)c1. The fourth-order valence-corrected chi connectivity index (χ4v) is 1.31. The maximum atomic E-state index is 10.4. The Morgan fingerprint density at radius 3 is 2.65 bits per heavy atom. The van der Waals surface area contributed by atoms with Gasteiger partial charge < -0.3 is 20.3 Å². The summed E-state index contributed by atoms with van der Waals surface area (Å²) in [5.74, 6) is 0.415. The van der Waals surface area contributed by atoms with Crippen LogP contribution in [-0.4, -0.2) is 30.3 Å². The van der Waals surface area contributed by atoms with Gasteiger partial charge in [0, 0.05) is 12.1 Å². The van der Waals surface area contributed by atoms with Crippen molar-refractivity contribution in [1.82, 2.24) is 0 Å². The molecule has 94 valence electrons. The predicted molar refractivity (Wildman–Crippen MR) is 63.3 cm³/mol. The summed E-state index contributed by atoms with van der Waals surface area (Å²) in [5.41, 5.74) is 5.58. The largest absolute Gasteiger partial charge is 0.494 e. The van der Waals surface area contributed by atoms with E-state index in [0.29, 0.717) is 12.4 Å². The van der Waals surface area contributed by atoms with Crippen molar-refractivity contribution in [1.29, 1.82) is 0 Å². The molecule has 5 heteroatoms. The molecule has 0 fully saturated rings. The maximum Gasteiger partial charge on any atom is 0.305 e. The van der Waals surface area contributed by atoms with Gasteiger partial charge in [-0.15, -0.1) is 0 Å². The average molecular weight is 239 g/mol. The number of rotatable bonds is 7. The molecule has 0 aliphatic rings. The molecule has 5 nitrogen and oxygen atoms in total. The van der Waals surface area contributed by atoms with E-state index in [2.05, 4.69) is 0 Å². The molecular formula is C12H17NO4. The Hall–Kier alpha value is -1.75. The van der Waals surface area contributed by atoms with Crippen LogP contribution in [-0.2, 0) is 4.79 Å². The molecule has 0 saturated carbocycles. The summed E-state index contributed by atoms with van der Waals surface area (Å²) in [6.45, 7) is 2.65. The Labute approximate surface area is 100 Å². The number of carbonyl (C=O) groups is 1. The molecular weight excluding hydrogens is 222 g/mol. The fraction of sp³-hybridized carbons (Fsp3) is 0.417. The summed E-state index contributed by atoms with van der Waals surface area (Å²) >= 11 is 0. The minimum atomic E-state index is -0.927. The third-order valence-corrected chi connectivity index (χ3v) is 2.02. The summed E-state index contributed by atoms with van der Waals surface area (Å²) in [5, 5.41) is 8.54. The Morgan fingerprint density at radius 2 is 2.06 bits per heavy atom. The predicted octanol–water partition coefficient (Wildman–Crippen LogP) is 1.27. The molecule has 0 radical (unpaired) electrons. The second-order valence-electron chi connectivity index (χ2n) is 3.58. The summed E-state index contributed by atoms with van der Waals surface area (Å²) in [6, 6.07) is 6.65. The number of benzene rings is 1. The molecule has 1 rings (SSSR count). The van der Waals surface area contributed by atoms with Crippen LogP contribution < -0.4 is 15.2 Å². The van der Waals surface area contributed by atoms with Crippen molar-refractivity contribution >= 4 is 5.97 Å². The second-order valence-corrected chi connectivity index (χ2v) is 3.58. The second kappa shape index (κ2) is 6.75. The number of carboxylic acids is 1. The number of nitrogens with two attached hydrogens (primary N) is 1. The van der Waals surface area contributed by atoms with E-state index in [-0.39, 0.29) is 13.0 Å². The minimum Gasteiger partial charge on any atom is -0.494 e. The lowest BCUT2D eigenvalue weighted by Gasteiger charge is -2.12. The van der Waals surface area contributed by atoms with E-state index < -0.39 is 12.0 Å². The normalized spacial score (nSPS) is 11.9. The van der Waals surface area contributed by atoms with Gasteiger partial charge in [-0.05, 0) is 19.1 Å². The summed E-state index contributed by atoms with van der Waals surface area (Å²) in [4.78, 5) is 10.4. The van der Waals surface area contributed by atoms with Gasteiger partial charge in [0.15, 0.2) is 0 Å². The van der Waals surface area contributed by atoms with E-state index in [9.17, 15) is 4.79 Å². The molecule has 1 aromatic rings. The summed E-state index contributed by atoms with van der Waals surface area (Å²) < 4.78 is 10.7. The van der Waals surface area contributed by atoms with Crippen LogP contribution in [0, 0.1) is 0 Å². The molecule has 17 heavy (non-hydrogen) atoms. The number of hydrogen-bond acceptors (Lipinski definition) is 4. The van der Waals surface area contributed by atoms with Gasteiger partial charge in [0.25, 0.3) is 0 Å². The molecule has 0 aliphatic heterocycles. The third kappa shape index (κ3) is 5.21. The van der Waals surface area contributed by atoms with Crippen LogP contribution in [0.2, 0.25) is 0 Å². The van der Waals surface area contributed by atoms with Crippen molar-refractivity contribution in [3.05, 3.63) is 24.3 Å². The highest BCUT2D eigenvalue weighted by Gasteiger charge is 2.08. The number of aliphatic carboxylic acids is 1. The van der Waals surface area contributed by atoms with Crippen LogP contribution in [0.15, 0.2) is 24.3 Å². The minimum absolute atomic E-state index is 0.106. The highest BCUT2D eigenvalue weighted by Crippen LogP contribution is 2.19. The first-order chi connectivity index (χ1) is 8.11. The lowest BCUT2D eigenvalue weighted by atomic mass is 10.2. The lowest BCUT2D eigenvalue weighted by Crippen LogP contribution is -2.30. The summed E-state index contributed by atoms with van der Waals surface area (Å²) in [6.07, 6.45) is -0.106. The van der Waals surface area contributed by atoms with Crippen LogP contribution in [0.4, 0.5) is 0 Å². The molecule has 1 atom stereocenters. The van der Waals surface area contributed by atoms with Gasteiger partial charge in [0.2, 0.25) is 0 Å². The molecule has 0 aromatic heterocycles. The zero-order valence-corrected chi connectivity index (χ0v) is 9.76. The van der Waals surface area contributed by atoms with Crippen LogP contribution in [0.5, 0.6) is 11.5 Å². The van der Waals surface area contributed by atoms with E-state index in [4.69, 9.17) is 20.3 Å². The van der Waals surface area contributed by atoms with E-state index in [1.165, 1.54) is 0 Å². The standard InChI is InChI=1S/C12H17NO4/c1-2-16-10-4-3-5-11(7-10)17-8-9(13)6-12(14)15/h3-5,7,9H,2,6,8,13H2,1H3,(H,14,15). The molecule has 0 aliphatic carbocycles. The number of ether oxygens (including phenoxy) is 2. The average Bonchev–Trinajstić information content (AvgIpc) is 2.26. The van der Waals surface area contributed by atoms with Crippen molar-refractivity contribution < 1.29 is 19.4 Å². The van der Waals surface area contributed by atoms with Crippen molar-refractivity contribution in [2.45, 2.75) is 19.4 Å². The molecule has 0 saturated heterocycles. The van der Waals surface area contributed by atoms with Crippen molar-refractivity contribution in [3.8, 4) is 11.5 Å². The Kier molecular flexibility index (Phi) is 5.29. The van der Waals surface area contributed by atoms with E-state index in [1.807, 2.05) is 19.1 Å². The highest BCUT2D eigenvalue weighted by molar-refractivity contribution is 5.67. The molecule has 1 unspecified atom stereocenters. The Balaban J connectivity index is 2.45. The van der Waals surface area contributed by atoms with Crippen LogP contribution in [0.1, 0.15) is 13.3 Å². The van der Waals surface area contributed by atoms with E-state index >= 15 is 0 Å². The first-order valence-electron chi connectivity index (χ1n) is 5.45. The smallest absolute Gasteiger partial charge is 0.305 e. The summed E-state index contributed by atoms with van der Waals surface area (Å²) in [7, 11) is 0. The number of carboxylic acid groups (broad SMARTS) is 1. The Bertz CT molecular complexity index is 367. The lowest BCUT2D eigenvalue weighted by molar-refractivity contribution is -0.137. The topological polar surface area (TPSA) is 81.8 Å². The van der Waals surface area contributed by atoms with Crippen LogP contribution in [0.25, 0.3) is 0 Å². The molecule has 0 bridgehead atoms. The van der Waals surface area contributed by atoms with E-state index in [1.54, 1.807) is 12.1 Å². The van der Waals surface area contributed by atoms with Crippen molar-refractivity contribution in [3.63, 3.8) is 0 Å². The maximum absolute atomic E-state index is 10.4. The van der Waals surface area contributed by atoms with Crippen LogP contribution in [0.3, 0.4) is 0 Å². The fourth-order valence-electron chi connectivity index (χ4n) is 1.31. The van der Waals surface area contributed by atoms with Gasteiger partial charge in [0.1, 0.15) is 18.1 Å². The van der Waals surface area contributed by atoms with Crippen molar-refractivity contribution in [2.75, 3.05) is 13.2 Å². The van der Waals surface area contributed by atoms with Gasteiger partial charge in [-0.1, -0.05) is 6.07 Å². The quantitative estimate of drug-likeness (QED) is 0.748. The van der Waals surface area contributed by atoms with Gasteiger partial charge in [-0.25, -0.2) is 0 Å². The first-order valence-corrected chi connectivity index (χ1v) is 5.45. The van der Waals surface area contributed by atoms with Crippen LogP contribution >= 0.6 is 0 Å².